The molecule has 0 radical (unpaired) electrons. The average molecular weight is 265 g/mol. The number of aromatic nitrogens is 2. The molecule has 0 unspecified atom stereocenters. The first-order chi connectivity index (χ1) is 9.63. The molecule has 0 aliphatic heterocycles. The molecule has 0 fully saturated rings. The van der Waals surface area contributed by atoms with Crippen molar-refractivity contribution >= 4 is 17.2 Å². The van der Waals surface area contributed by atoms with Crippen LogP contribution in [0.5, 0.6) is 0 Å². The molecule has 0 saturated heterocycles. The average Bonchev–Trinajstić information content (AvgIpc) is 2.87. The van der Waals surface area contributed by atoms with Gasteiger partial charge in [0.15, 0.2) is 0 Å². The molecule has 1 amide bonds. The second-order valence-corrected chi connectivity index (χ2v) is 4.84. The Morgan fingerprint density at radius 2 is 1.85 bits per heavy atom. The third-order valence-corrected chi connectivity index (χ3v) is 3.24. The van der Waals surface area contributed by atoms with Crippen molar-refractivity contribution in [1.82, 2.24) is 9.38 Å². The van der Waals surface area contributed by atoms with Crippen LogP contribution in [0.4, 0.5) is 5.69 Å². The summed E-state index contributed by atoms with van der Waals surface area (Å²) < 4.78 is 1.91. The summed E-state index contributed by atoms with van der Waals surface area (Å²) in [4.78, 5) is 16.5. The number of hydrogen-bond acceptors (Lipinski definition) is 2. The van der Waals surface area contributed by atoms with Gasteiger partial charge in [0.05, 0.1) is 0 Å². The molecular weight excluding hydrogens is 250 g/mol. The van der Waals surface area contributed by atoms with Gasteiger partial charge in [0.1, 0.15) is 11.3 Å². The zero-order valence-corrected chi connectivity index (χ0v) is 11.4. The van der Waals surface area contributed by atoms with Crippen molar-refractivity contribution in [3.8, 4) is 0 Å². The zero-order chi connectivity index (χ0) is 14.1. The van der Waals surface area contributed by atoms with Crippen LogP contribution in [0.2, 0.25) is 0 Å². The largest absolute Gasteiger partial charge is 0.321 e. The van der Waals surface area contributed by atoms with E-state index in [0.717, 1.165) is 22.6 Å². The van der Waals surface area contributed by atoms with Crippen LogP contribution in [-0.4, -0.2) is 15.3 Å². The Labute approximate surface area is 117 Å². The lowest BCUT2D eigenvalue weighted by Gasteiger charge is -2.02. The summed E-state index contributed by atoms with van der Waals surface area (Å²) in [5.41, 5.74) is 4.17. The predicted octanol–water partition coefficient (Wildman–Crippen LogP) is 3.20. The van der Waals surface area contributed by atoms with Crippen molar-refractivity contribution in [1.29, 1.82) is 0 Å². The summed E-state index contributed by atoms with van der Waals surface area (Å²) in [5.74, 6) is -0.197. The SMILES string of the molecule is Cc1ccc(NC(=O)c2cn3c(C)cccc3n2)cc1. The van der Waals surface area contributed by atoms with E-state index in [1.807, 2.05) is 60.7 Å². The first kappa shape index (κ1) is 12.4. The monoisotopic (exact) mass is 265 g/mol. The fourth-order valence-electron chi connectivity index (χ4n) is 2.09. The van der Waals surface area contributed by atoms with Crippen molar-refractivity contribution in [3.05, 3.63) is 65.6 Å². The fourth-order valence-corrected chi connectivity index (χ4v) is 2.09. The number of fused-ring (bicyclic) bond motifs is 1. The molecule has 2 heterocycles. The van der Waals surface area contributed by atoms with Gasteiger partial charge < -0.3 is 9.72 Å². The minimum atomic E-state index is -0.197. The highest BCUT2D eigenvalue weighted by atomic mass is 16.1. The topological polar surface area (TPSA) is 46.4 Å². The van der Waals surface area contributed by atoms with E-state index in [9.17, 15) is 4.79 Å². The van der Waals surface area contributed by atoms with Crippen LogP contribution in [0.3, 0.4) is 0 Å². The Balaban J connectivity index is 1.89. The summed E-state index contributed by atoms with van der Waals surface area (Å²) >= 11 is 0. The Hall–Kier alpha value is -2.62. The van der Waals surface area contributed by atoms with Crippen LogP contribution >= 0.6 is 0 Å². The summed E-state index contributed by atoms with van der Waals surface area (Å²) in [5, 5.41) is 2.85. The fraction of sp³-hybridized carbons (Fsp3) is 0.125. The van der Waals surface area contributed by atoms with Crippen molar-refractivity contribution in [2.75, 3.05) is 5.32 Å². The molecule has 0 saturated carbocycles. The highest BCUT2D eigenvalue weighted by Gasteiger charge is 2.11. The van der Waals surface area contributed by atoms with Gasteiger partial charge in [-0.1, -0.05) is 23.8 Å². The number of aryl methyl sites for hydroxylation is 2. The highest BCUT2D eigenvalue weighted by molar-refractivity contribution is 6.03. The van der Waals surface area contributed by atoms with E-state index < -0.39 is 0 Å². The number of imidazole rings is 1. The number of carbonyl (C=O) groups is 1. The second kappa shape index (κ2) is 4.81. The maximum Gasteiger partial charge on any atom is 0.275 e. The van der Waals surface area contributed by atoms with Gasteiger partial charge >= 0.3 is 0 Å². The Morgan fingerprint density at radius 1 is 1.10 bits per heavy atom. The predicted molar refractivity (Wildman–Crippen MR) is 79.1 cm³/mol. The van der Waals surface area contributed by atoms with Crippen LogP contribution in [0.15, 0.2) is 48.7 Å². The first-order valence-electron chi connectivity index (χ1n) is 6.46. The number of rotatable bonds is 2. The number of nitrogens with one attached hydrogen (secondary N) is 1. The van der Waals surface area contributed by atoms with Gasteiger partial charge in [0, 0.05) is 17.6 Å². The van der Waals surface area contributed by atoms with Crippen LogP contribution < -0.4 is 5.32 Å². The quantitative estimate of drug-likeness (QED) is 0.773. The van der Waals surface area contributed by atoms with E-state index in [0.29, 0.717) is 5.69 Å². The van der Waals surface area contributed by atoms with E-state index in [2.05, 4.69) is 10.3 Å². The lowest BCUT2D eigenvalue weighted by Crippen LogP contribution is -2.12. The molecule has 0 bridgehead atoms. The summed E-state index contributed by atoms with van der Waals surface area (Å²) in [6, 6.07) is 13.5. The van der Waals surface area contributed by atoms with Crippen molar-refractivity contribution in [2.45, 2.75) is 13.8 Å². The van der Waals surface area contributed by atoms with Crippen LogP contribution in [0, 0.1) is 13.8 Å². The van der Waals surface area contributed by atoms with Gasteiger partial charge in [0.2, 0.25) is 0 Å². The van der Waals surface area contributed by atoms with Gasteiger partial charge in [-0.3, -0.25) is 4.79 Å². The van der Waals surface area contributed by atoms with Crippen molar-refractivity contribution in [2.24, 2.45) is 0 Å². The highest BCUT2D eigenvalue weighted by Crippen LogP contribution is 2.12. The van der Waals surface area contributed by atoms with Gasteiger partial charge in [-0.05, 0) is 38.1 Å². The Bertz CT molecular complexity index is 772. The lowest BCUT2D eigenvalue weighted by molar-refractivity contribution is 0.102. The maximum absolute atomic E-state index is 12.2. The van der Waals surface area contributed by atoms with Crippen LogP contribution in [0.1, 0.15) is 21.7 Å². The van der Waals surface area contributed by atoms with Crippen molar-refractivity contribution in [3.63, 3.8) is 0 Å². The lowest BCUT2D eigenvalue weighted by atomic mass is 10.2. The number of carbonyl (C=O) groups excluding carboxylic acids is 1. The molecule has 0 aliphatic carbocycles. The smallest absolute Gasteiger partial charge is 0.275 e. The van der Waals surface area contributed by atoms with E-state index in [1.165, 1.54) is 0 Å². The second-order valence-electron chi connectivity index (χ2n) is 4.84. The number of pyridine rings is 1. The van der Waals surface area contributed by atoms with Crippen molar-refractivity contribution < 1.29 is 4.79 Å². The van der Waals surface area contributed by atoms with E-state index in [-0.39, 0.29) is 5.91 Å². The van der Waals surface area contributed by atoms with Gasteiger partial charge in [0.25, 0.3) is 5.91 Å². The number of benzene rings is 1. The summed E-state index contributed by atoms with van der Waals surface area (Å²) in [7, 11) is 0. The van der Waals surface area contributed by atoms with Gasteiger partial charge in [-0.2, -0.15) is 0 Å². The summed E-state index contributed by atoms with van der Waals surface area (Å²) in [6.07, 6.45) is 1.76. The summed E-state index contributed by atoms with van der Waals surface area (Å²) in [6.45, 7) is 3.99. The minimum absolute atomic E-state index is 0.197. The number of anilines is 1. The molecule has 4 heteroatoms. The van der Waals surface area contributed by atoms with E-state index >= 15 is 0 Å². The molecule has 3 rings (SSSR count). The Morgan fingerprint density at radius 3 is 2.55 bits per heavy atom. The molecule has 0 spiro atoms. The number of nitrogens with zero attached hydrogens (tertiary/aromatic N) is 2. The first-order valence-corrected chi connectivity index (χ1v) is 6.46. The number of amides is 1. The standard InChI is InChI=1S/C16H15N3O/c1-11-6-8-13(9-7-11)17-16(20)14-10-19-12(2)4-3-5-15(19)18-14/h3-10H,1-2H3,(H,17,20). The molecule has 0 atom stereocenters. The third kappa shape index (κ3) is 2.28. The minimum Gasteiger partial charge on any atom is -0.321 e. The van der Waals surface area contributed by atoms with Crippen LogP contribution in [0.25, 0.3) is 5.65 Å². The molecule has 3 aromatic rings. The molecule has 1 N–H and O–H groups in total. The normalized spacial score (nSPS) is 10.7. The third-order valence-electron chi connectivity index (χ3n) is 3.24. The molecule has 4 nitrogen and oxygen atoms in total. The zero-order valence-electron chi connectivity index (χ0n) is 11.4. The maximum atomic E-state index is 12.2. The van der Waals surface area contributed by atoms with E-state index in [4.69, 9.17) is 0 Å². The molecular formula is C16H15N3O. The molecule has 0 aliphatic rings. The molecule has 2 aromatic heterocycles. The number of hydrogen-bond donors (Lipinski definition) is 1. The van der Waals surface area contributed by atoms with E-state index in [1.54, 1.807) is 6.20 Å². The van der Waals surface area contributed by atoms with Gasteiger partial charge in [-0.15, -0.1) is 0 Å². The van der Waals surface area contributed by atoms with Gasteiger partial charge in [-0.25, -0.2) is 4.98 Å². The Kier molecular flexibility index (Phi) is 2.99. The molecule has 100 valence electrons. The molecule has 1 aromatic carbocycles. The van der Waals surface area contributed by atoms with Crippen LogP contribution in [-0.2, 0) is 0 Å². The molecule has 20 heavy (non-hydrogen) atoms.